The smallest absolute Gasteiger partial charge is 0.365 e. The van der Waals surface area contributed by atoms with Crippen molar-refractivity contribution < 1.29 is 9.90 Å². The van der Waals surface area contributed by atoms with Crippen LogP contribution in [0.5, 0.6) is 0 Å². The summed E-state index contributed by atoms with van der Waals surface area (Å²) in [7, 11) is 0. The number of aryl methyl sites for hydroxylation is 1. The van der Waals surface area contributed by atoms with Crippen molar-refractivity contribution in [3.8, 4) is 11.3 Å². The number of nitrogens with zero attached hydrogens (tertiary/aromatic N) is 1. The molecule has 0 radical (unpaired) electrons. The van der Waals surface area contributed by atoms with Crippen LogP contribution in [-0.4, -0.2) is 16.1 Å². The minimum atomic E-state index is -0.970. The standard InChI is InChI=1S/C13H13NO2S/c1-7-4-5-10(9(3)8(7)2)11-6-17-12(14-11)13(15)16/h4-6H,1-3H3,(H,15,16). The van der Waals surface area contributed by atoms with E-state index in [1.165, 1.54) is 11.1 Å². The van der Waals surface area contributed by atoms with Crippen LogP contribution in [-0.2, 0) is 0 Å². The molecule has 0 spiro atoms. The molecule has 0 atom stereocenters. The van der Waals surface area contributed by atoms with Gasteiger partial charge in [-0.25, -0.2) is 9.78 Å². The molecule has 0 aliphatic carbocycles. The first-order valence-electron chi connectivity index (χ1n) is 5.26. The molecule has 4 heteroatoms. The molecule has 1 N–H and O–H groups in total. The molecule has 0 fully saturated rings. The van der Waals surface area contributed by atoms with Crippen LogP contribution in [0.15, 0.2) is 17.5 Å². The number of hydrogen-bond acceptors (Lipinski definition) is 3. The van der Waals surface area contributed by atoms with Crippen molar-refractivity contribution in [3.63, 3.8) is 0 Å². The molecule has 3 nitrogen and oxygen atoms in total. The van der Waals surface area contributed by atoms with Gasteiger partial charge in [0, 0.05) is 10.9 Å². The lowest BCUT2D eigenvalue weighted by Crippen LogP contribution is -1.95. The van der Waals surface area contributed by atoms with Crippen molar-refractivity contribution in [3.05, 3.63) is 39.2 Å². The van der Waals surface area contributed by atoms with E-state index in [-0.39, 0.29) is 5.01 Å². The van der Waals surface area contributed by atoms with Crippen molar-refractivity contribution in [1.82, 2.24) is 4.98 Å². The highest BCUT2D eigenvalue weighted by Crippen LogP contribution is 2.28. The highest BCUT2D eigenvalue weighted by Gasteiger charge is 2.12. The van der Waals surface area contributed by atoms with Crippen LogP contribution in [0, 0.1) is 20.8 Å². The third-order valence-corrected chi connectivity index (χ3v) is 3.85. The summed E-state index contributed by atoms with van der Waals surface area (Å²) in [5, 5.41) is 10.8. The largest absolute Gasteiger partial charge is 0.476 e. The van der Waals surface area contributed by atoms with Crippen LogP contribution in [0.1, 0.15) is 26.5 Å². The molecule has 88 valence electrons. The maximum atomic E-state index is 10.8. The molecule has 2 aromatic rings. The third kappa shape index (κ3) is 2.08. The lowest BCUT2D eigenvalue weighted by molar-refractivity contribution is 0.0696. The second-order valence-electron chi connectivity index (χ2n) is 4.02. The number of hydrogen-bond donors (Lipinski definition) is 1. The van der Waals surface area contributed by atoms with E-state index < -0.39 is 5.97 Å². The molecule has 1 aromatic heterocycles. The number of aromatic nitrogens is 1. The van der Waals surface area contributed by atoms with E-state index in [0.29, 0.717) is 0 Å². The Kier molecular flexibility index (Phi) is 2.98. The van der Waals surface area contributed by atoms with Gasteiger partial charge in [0.15, 0.2) is 0 Å². The fourth-order valence-corrected chi connectivity index (χ4v) is 2.38. The minimum Gasteiger partial charge on any atom is -0.476 e. The number of thiazole rings is 1. The number of rotatable bonds is 2. The van der Waals surface area contributed by atoms with Gasteiger partial charge in [-0.05, 0) is 37.5 Å². The summed E-state index contributed by atoms with van der Waals surface area (Å²) < 4.78 is 0. The summed E-state index contributed by atoms with van der Waals surface area (Å²) in [6, 6.07) is 4.04. The molecule has 1 heterocycles. The fraction of sp³-hybridized carbons (Fsp3) is 0.231. The van der Waals surface area contributed by atoms with Crippen molar-refractivity contribution in [2.45, 2.75) is 20.8 Å². The molecule has 0 unspecified atom stereocenters. The SMILES string of the molecule is Cc1ccc(-c2csc(C(=O)O)n2)c(C)c1C. The topological polar surface area (TPSA) is 50.2 Å². The second kappa shape index (κ2) is 4.30. The predicted octanol–water partition coefficient (Wildman–Crippen LogP) is 3.43. The lowest BCUT2D eigenvalue weighted by Gasteiger charge is -2.08. The van der Waals surface area contributed by atoms with Crippen LogP contribution in [0.2, 0.25) is 0 Å². The average molecular weight is 247 g/mol. The summed E-state index contributed by atoms with van der Waals surface area (Å²) in [4.78, 5) is 14.9. The Morgan fingerprint density at radius 3 is 2.53 bits per heavy atom. The monoisotopic (exact) mass is 247 g/mol. The molecule has 0 amide bonds. The van der Waals surface area contributed by atoms with Crippen LogP contribution in [0.3, 0.4) is 0 Å². The van der Waals surface area contributed by atoms with Crippen LogP contribution >= 0.6 is 11.3 Å². The Bertz CT molecular complexity index is 587. The Hall–Kier alpha value is -1.68. The second-order valence-corrected chi connectivity index (χ2v) is 4.88. The molecule has 0 aliphatic rings. The molecule has 2 rings (SSSR count). The Morgan fingerprint density at radius 2 is 1.94 bits per heavy atom. The zero-order valence-corrected chi connectivity index (χ0v) is 10.8. The highest BCUT2D eigenvalue weighted by molar-refractivity contribution is 7.11. The van der Waals surface area contributed by atoms with Crippen molar-refractivity contribution in [2.24, 2.45) is 0 Å². The average Bonchev–Trinajstić information content (AvgIpc) is 2.75. The van der Waals surface area contributed by atoms with Crippen LogP contribution in [0.25, 0.3) is 11.3 Å². The fourth-order valence-electron chi connectivity index (χ4n) is 1.73. The molecule has 0 bridgehead atoms. The van der Waals surface area contributed by atoms with Gasteiger partial charge in [0.05, 0.1) is 5.69 Å². The normalized spacial score (nSPS) is 10.5. The van der Waals surface area contributed by atoms with E-state index in [2.05, 4.69) is 18.8 Å². The summed E-state index contributed by atoms with van der Waals surface area (Å²) >= 11 is 1.16. The number of benzene rings is 1. The minimum absolute atomic E-state index is 0.137. The molecule has 17 heavy (non-hydrogen) atoms. The van der Waals surface area contributed by atoms with Crippen molar-refractivity contribution >= 4 is 17.3 Å². The number of aromatic carboxylic acids is 1. The van der Waals surface area contributed by atoms with Gasteiger partial charge in [0.1, 0.15) is 0 Å². The van der Waals surface area contributed by atoms with E-state index in [9.17, 15) is 4.79 Å². The number of carbonyl (C=O) groups is 1. The third-order valence-electron chi connectivity index (χ3n) is 3.02. The van der Waals surface area contributed by atoms with E-state index in [1.807, 2.05) is 19.1 Å². The Labute approximate surface area is 104 Å². The van der Waals surface area contributed by atoms with Crippen molar-refractivity contribution in [2.75, 3.05) is 0 Å². The van der Waals surface area contributed by atoms with Crippen LogP contribution < -0.4 is 0 Å². The Morgan fingerprint density at radius 1 is 1.24 bits per heavy atom. The van der Waals surface area contributed by atoms with Gasteiger partial charge in [0.2, 0.25) is 5.01 Å². The molecular formula is C13H13NO2S. The van der Waals surface area contributed by atoms with Gasteiger partial charge in [-0.2, -0.15) is 0 Å². The van der Waals surface area contributed by atoms with Crippen LogP contribution in [0.4, 0.5) is 0 Å². The first-order chi connectivity index (χ1) is 8.00. The molecule has 0 saturated carbocycles. The highest BCUT2D eigenvalue weighted by atomic mass is 32.1. The molecule has 0 saturated heterocycles. The van der Waals surface area contributed by atoms with Gasteiger partial charge in [-0.1, -0.05) is 12.1 Å². The van der Waals surface area contributed by atoms with E-state index in [4.69, 9.17) is 5.11 Å². The van der Waals surface area contributed by atoms with Gasteiger partial charge < -0.3 is 5.11 Å². The first kappa shape index (κ1) is 11.8. The molecule has 0 aliphatic heterocycles. The zero-order valence-electron chi connectivity index (χ0n) is 9.94. The van der Waals surface area contributed by atoms with Gasteiger partial charge in [0.25, 0.3) is 0 Å². The summed E-state index contributed by atoms with van der Waals surface area (Å²) in [6.45, 7) is 6.17. The summed E-state index contributed by atoms with van der Waals surface area (Å²) in [5.74, 6) is -0.970. The molecule has 1 aromatic carbocycles. The summed E-state index contributed by atoms with van der Waals surface area (Å²) in [6.07, 6.45) is 0. The zero-order chi connectivity index (χ0) is 12.6. The van der Waals surface area contributed by atoms with E-state index >= 15 is 0 Å². The van der Waals surface area contributed by atoms with E-state index in [0.717, 1.165) is 28.2 Å². The van der Waals surface area contributed by atoms with Crippen molar-refractivity contribution in [1.29, 1.82) is 0 Å². The predicted molar refractivity (Wildman–Crippen MR) is 68.7 cm³/mol. The Balaban J connectivity index is 2.53. The number of carboxylic acids is 1. The van der Waals surface area contributed by atoms with Gasteiger partial charge >= 0.3 is 5.97 Å². The molecular weight excluding hydrogens is 234 g/mol. The summed E-state index contributed by atoms with van der Waals surface area (Å²) in [5.41, 5.74) is 5.38. The maximum absolute atomic E-state index is 10.8. The van der Waals surface area contributed by atoms with Gasteiger partial charge in [-0.15, -0.1) is 11.3 Å². The maximum Gasteiger partial charge on any atom is 0.365 e. The lowest BCUT2D eigenvalue weighted by atomic mass is 9.97. The quantitative estimate of drug-likeness (QED) is 0.884. The number of carboxylic acid groups (broad SMARTS) is 1. The van der Waals surface area contributed by atoms with Gasteiger partial charge in [-0.3, -0.25) is 0 Å². The first-order valence-corrected chi connectivity index (χ1v) is 6.14. The van der Waals surface area contributed by atoms with E-state index in [1.54, 1.807) is 5.38 Å².